The van der Waals surface area contributed by atoms with Gasteiger partial charge in [-0.2, -0.15) is 0 Å². The Kier molecular flexibility index (Phi) is 5.72. The molecule has 1 atom stereocenters. The quantitative estimate of drug-likeness (QED) is 0.640. The maximum absolute atomic E-state index is 10.9. The molecule has 0 bridgehead atoms. The molecule has 0 aliphatic carbocycles. The highest BCUT2D eigenvalue weighted by Crippen LogP contribution is 2.08. The summed E-state index contributed by atoms with van der Waals surface area (Å²) >= 11 is 0. The molecule has 0 aliphatic rings. The van der Waals surface area contributed by atoms with E-state index in [-0.39, 0.29) is 0 Å². The Labute approximate surface area is 86.3 Å². The van der Waals surface area contributed by atoms with E-state index in [2.05, 4.69) is 17.1 Å². The number of hydrogen-bond donors (Lipinski definition) is 2. The number of hydrogen-bond acceptors (Lipinski definition) is 3. The molecule has 4 nitrogen and oxygen atoms in total. The molecule has 0 radical (unpaired) electrons. The number of nitrogens with zero attached hydrogens (tertiary/aromatic N) is 1. The maximum Gasteiger partial charge on any atom is 0.323 e. The summed E-state index contributed by atoms with van der Waals surface area (Å²) in [4.78, 5) is 13.1. The summed E-state index contributed by atoms with van der Waals surface area (Å²) in [5.74, 6) is -0.779. The van der Waals surface area contributed by atoms with Crippen molar-refractivity contribution in [2.75, 3.05) is 26.7 Å². The lowest BCUT2D eigenvalue weighted by molar-refractivity contribution is -0.144. The second-order valence-electron chi connectivity index (χ2n) is 3.81. The van der Waals surface area contributed by atoms with Crippen LogP contribution in [0.1, 0.15) is 27.2 Å². The first-order valence-corrected chi connectivity index (χ1v) is 5.13. The van der Waals surface area contributed by atoms with Crippen molar-refractivity contribution in [3.8, 4) is 0 Å². The highest BCUT2D eigenvalue weighted by atomic mass is 16.4. The van der Waals surface area contributed by atoms with Crippen molar-refractivity contribution < 1.29 is 9.90 Å². The van der Waals surface area contributed by atoms with Crippen LogP contribution in [0.2, 0.25) is 0 Å². The first kappa shape index (κ1) is 13.4. The normalized spacial score (nSPS) is 15.5. The minimum atomic E-state index is -0.783. The highest BCUT2D eigenvalue weighted by molar-refractivity contribution is 5.78. The van der Waals surface area contributed by atoms with Crippen molar-refractivity contribution >= 4 is 5.97 Å². The smallest absolute Gasteiger partial charge is 0.323 e. The van der Waals surface area contributed by atoms with Crippen LogP contribution in [0.4, 0.5) is 0 Å². The summed E-state index contributed by atoms with van der Waals surface area (Å²) in [5.41, 5.74) is -0.783. The lowest BCUT2D eigenvalue weighted by Gasteiger charge is -2.26. The van der Waals surface area contributed by atoms with Gasteiger partial charge in [0.1, 0.15) is 5.54 Å². The molecule has 0 aromatic rings. The van der Waals surface area contributed by atoms with E-state index in [1.165, 1.54) is 0 Å². The lowest BCUT2D eigenvalue weighted by atomic mass is 9.99. The Morgan fingerprint density at radius 3 is 2.43 bits per heavy atom. The topological polar surface area (TPSA) is 52.6 Å². The number of carboxylic acids is 1. The van der Waals surface area contributed by atoms with Crippen LogP contribution in [0.25, 0.3) is 0 Å². The monoisotopic (exact) mass is 202 g/mol. The summed E-state index contributed by atoms with van der Waals surface area (Å²) in [6.45, 7) is 8.25. The van der Waals surface area contributed by atoms with Crippen molar-refractivity contribution in [1.29, 1.82) is 0 Å². The van der Waals surface area contributed by atoms with Gasteiger partial charge in [0.25, 0.3) is 0 Å². The van der Waals surface area contributed by atoms with E-state index in [0.29, 0.717) is 13.0 Å². The zero-order valence-electron chi connectivity index (χ0n) is 9.63. The van der Waals surface area contributed by atoms with Gasteiger partial charge in [0.2, 0.25) is 0 Å². The average molecular weight is 202 g/mol. The van der Waals surface area contributed by atoms with Gasteiger partial charge in [-0.3, -0.25) is 4.79 Å². The van der Waals surface area contributed by atoms with Crippen LogP contribution in [-0.2, 0) is 4.79 Å². The molecule has 0 heterocycles. The molecule has 0 aromatic heterocycles. The molecule has 14 heavy (non-hydrogen) atoms. The minimum Gasteiger partial charge on any atom is -0.480 e. The van der Waals surface area contributed by atoms with Crippen LogP contribution >= 0.6 is 0 Å². The van der Waals surface area contributed by atoms with Gasteiger partial charge in [0.15, 0.2) is 0 Å². The largest absolute Gasteiger partial charge is 0.480 e. The molecular formula is C10H22N2O2. The molecular weight excluding hydrogens is 180 g/mol. The number of rotatable bonds is 7. The average Bonchev–Trinajstić information content (AvgIpc) is 2.16. The zero-order valence-corrected chi connectivity index (χ0v) is 9.63. The van der Waals surface area contributed by atoms with E-state index < -0.39 is 11.5 Å². The van der Waals surface area contributed by atoms with Crippen molar-refractivity contribution in [2.45, 2.75) is 32.7 Å². The fourth-order valence-corrected chi connectivity index (χ4v) is 1.03. The van der Waals surface area contributed by atoms with Crippen LogP contribution in [0.5, 0.6) is 0 Å². The Bertz CT molecular complexity index is 185. The van der Waals surface area contributed by atoms with Crippen LogP contribution in [0.15, 0.2) is 0 Å². The third kappa shape index (κ3) is 4.07. The van der Waals surface area contributed by atoms with Gasteiger partial charge in [0.05, 0.1) is 0 Å². The van der Waals surface area contributed by atoms with E-state index >= 15 is 0 Å². The molecule has 0 saturated heterocycles. The fraction of sp³-hybridized carbons (Fsp3) is 0.900. The third-order valence-electron chi connectivity index (χ3n) is 2.73. The standard InChI is InChI=1S/C10H22N2O2/c1-5-10(3,9(13)14)11-7-8-12(4)6-2/h11H,5-8H2,1-4H3,(H,13,14). The van der Waals surface area contributed by atoms with Crippen LogP contribution in [0.3, 0.4) is 0 Å². The van der Waals surface area contributed by atoms with Crippen LogP contribution in [-0.4, -0.2) is 48.2 Å². The van der Waals surface area contributed by atoms with Crippen molar-refractivity contribution in [3.05, 3.63) is 0 Å². The number of likely N-dealkylation sites (N-methyl/N-ethyl adjacent to an activating group) is 1. The summed E-state index contributed by atoms with van der Waals surface area (Å²) in [6, 6.07) is 0. The molecule has 0 spiro atoms. The van der Waals surface area contributed by atoms with Gasteiger partial charge in [-0.15, -0.1) is 0 Å². The summed E-state index contributed by atoms with van der Waals surface area (Å²) < 4.78 is 0. The van der Waals surface area contributed by atoms with Gasteiger partial charge >= 0.3 is 5.97 Å². The predicted molar refractivity (Wildman–Crippen MR) is 57.5 cm³/mol. The first-order chi connectivity index (χ1) is 6.46. The van der Waals surface area contributed by atoms with E-state index in [9.17, 15) is 4.79 Å². The van der Waals surface area contributed by atoms with Gasteiger partial charge < -0.3 is 15.3 Å². The number of carbonyl (C=O) groups is 1. The van der Waals surface area contributed by atoms with Crippen LogP contribution < -0.4 is 5.32 Å². The van der Waals surface area contributed by atoms with Gasteiger partial charge in [-0.05, 0) is 26.9 Å². The molecule has 1 unspecified atom stereocenters. The predicted octanol–water partition coefficient (Wildman–Crippen LogP) is 0.781. The van der Waals surface area contributed by atoms with E-state index in [0.717, 1.165) is 13.1 Å². The fourth-order valence-electron chi connectivity index (χ4n) is 1.03. The Hall–Kier alpha value is -0.610. The molecule has 2 N–H and O–H groups in total. The van der Waals surface area contributed by atoms with E-state index in [1.807, 2.05) is 14.0 Å². The Morgan fingerprint density at radius 1 is 1.50 bits per heavy atom. The lowest BCUT2D eigenvalue weighted by Crippen LogP contribution is -2.50. The molecule has 0 aromatic carbocycles. The zero-order chi connectivity index (χ0) is 11.2. The van der Waals surface area contributed by atoms with Crippen molar-refractivity contribution in [1.82, 2.24) is 10.2 Å². The number of aliphatic carboxylic acids is 1. The van der Waals surface area contributed by atoms with Gasteiger partial charge in [0, 0.05) is 13.1 Å². The maximum atomic E-state index is 10.9. The Balaban J connectivity index is 3.90. The second-order valence-corrected chi connectivity index (χ2v) is 3.81. The third-order valence-corrected chi connectivity index (χ3v) is 2.73. The summed E-state index contributed by atoms with van der Waals surface area (Å²) in [6.07, 6.45) is 0.595. The SMILES string of the molecule is CCN(C)CCNC(C)(CC)C(=O)O. The van der Waals surface area contributed by atoms with Crippen molar-refractivity contribution in [3.63, 3.8) is 0 Å². The molecule has 0 saturated carbocycles. The first-order valence-electron chi connectivity index (χ1n) is 5.13. The number of carboxylic acid groups (broad SMARTS) is 1. The second kappa shape index (κ2) is 5.98. The molecule has 0 fully saturated rings. The van der Waals surface area contributed by atoms with E-state index in [1.54, 1.807) is 6.92 Å². The van der Waals surface area contributed by atoms with E-state index in [4.69, 9.17) is 5.11 Å². The molecule has 84 valence electrons. The molecule has 0 rings (SSSR count). The Morgan fingerprint density at radius 2 is 2.07 bits per heavy atom. The summed E-state index contributed by atoms with van der Waals surface area (Å²) in [5, 5.41) is 12.0. The van der Waals surface area contributed by atoms with Gasteiger partial charge in [-0.25, -0.2) is 0 Å². The van der Waals surface area contributed by atoms with Gasteiger partial charge in [-0.1, -0.05) is 13.8 Å². The summed E-state index contributed by atoms with van der Waals surface area (Å²) in [7, 11) is 2.02. The highest BCUT2D eigenvalue weighted by Gasteiger charge is 2.29. The molecule has 0 aliphatic heterocycles. The van der Waals surface area contributed by atoms with Crippen LogP contribution in [0, 0.1) is 0 Å². The molecule has 4 heteroatoms. The number of nitrogens with one attached hydrogen (secondary N) is 1. The minimum absolute atomic E-state index is 0.595. The van der Waals surface area contributed by atoms with Crippen molar-refractivity contribution in [2.24, 2.45) is 0 Å². The molecule has 0 amide bonds.